The van der Waals surface area contributed by atoms with Crippen LogP contribution < -0.4 is 0 Å². The molecule has 0 aliphatic carbocycles. The molecule has 0 saturated carbocycles. The molecule has 0 N–H and O–H groups in total. The van der Waals surface area contributed by atoms with Gasteiger partial charge < -0.3 is 0 Å². The van der Waals surface area contributed by atoms with E-state index < -0.39 is 0 Å². The lowest BCUT2D eigenvalue weighted by Crippen LogP contribution is -2.19. The number of hydrogen-bond donors (Lipinski definition) is 0. The Morgan fingerprint density at radius 1 is 1.35 bits per heavy atom. The van der Waals surface area contributed by atoms with Gasteiger partial charge in [0.05, 0.1) is 23.0 Å². The minimum Gasteiger partial charge on any atom is -0.296 e. The van der Waals surface area contributed by atoms with Gasteiger partial charge in [-0.25, -0.2) is 0 Å². The average Bonchev–Trinajstić information content (AvgIpc) is 2.65. The van der Waals surface area contributed by atoms with Crippen molar-refractivity contribution >= 4 is 0 Å². The third-order valence-electron chi connectivity index (χ3n) is 3.46. The van der Waals surface area contributed by atoms with Gasteiger partial charge in [-0.1, -0.05) is 0 Å². The molecule has 2 rings (SSSR count). The number of nitrogens with zero attached hydrogens (tertiary/aromatic N) is 5. The number of pyridine rings is 1. The van der Waals surface area contributed by atoms with E-state index in [1.165, 1.54) is 11.3 Å². The molecule has 2 heterocycles. The maximum Gasteiger partial charge on any atom is 0.0992 e. The van der Waals surface area contributed by atoms with Crippen LogP contribution in [0.2, 0.25) is 0 Å². The molecule has 2 aromatic rings. The smallest absolute Gasteiger partial charge is 0.0992 e. The fourth-order valence-electron chi connectivity index (χ4n) is 2.28. The van der Waals surface area contributed by atoms with Crippen LogP contribution >= 0.6 is 0 Å². The second kappa shape index (κ2) is 5.85. The molecule has 0 amide bonds. The van der Waals surface area contributed by atoms with Crippen LogP contribution in [0, 0.1) is 25.2 Å². The molecule has 0 aliphatic heterocycles. The van der Waals surface area contributed by atoms with E-state index in [2.05, 4.69) is 28.0 Å². The fraction of sp³-hybridized carbons (Fsp3) is 0.400. The van der Waals surface area contributed by atoms with E-state index in [1.807, 2.05) is 31.8 Å². The Morgan fingerprint density at radius 2 is 2.10 bits per heavy atom. The minimum atomic E-state index is 0.650. The molecule has 0 fully saturated rings. The summed E-state index contributed by atoms with van der Waals surface area (Å²) in [6, 6.07) is 5.69. The molecule has 0 saturated heterocycles. The first-order valence-corrected chi connectivity index (χ1v) is 6.54. The Hall–Kier alpha value is -2.19. The molecule has 0 unspecified atom stereocenters. The zero-order chi connectivity index (χ0) is 14.7. The van der Waals surface area contributed by atoms with E-state index in [0.29, 0.717) is 12.1 Å². The normalized spacial score (nSPS) is 10.8. The van der Waals surface area contributed by atoms with Crippen LogP contribution in [0.15, 0.2) is 18.3 Å². The molecule has 0 spiro atoms. The number of nitriles is 1. The molecule has 0 radical (unpaired) electrons. The van der Waals surface area contributed by atoms with Crippen LogP contribution in [-0.4, -0.2) is 26.7 Å². The van der Waals surface area contributed by atoms with E-state index in [-0.39, 0.29) is 0 Å². The van der Waals surface area contributed by atoms with E-state index in [0.717, 1.165) is 17.9 Å². The molecule has 20 heavy (non-hydrogen) atoms. The standard InChI is InChI=1S/C15H19N5/c1-11-15(12(2)20(4)18-11)10-19(3)9-14-7-13(8-16)5-6-17-14/h5-7H,9-10H2,1-4H3. The Labute approximate surface area is 119 Å². The Bertz CT molecular complexity index is 651. The van der Waals surface area contributed by atoms with Gasteiger partial charge in [-0.3, -0.25) is 14.6 Å². The van der Waals surface area contributed by atoms with Gasteiger partial charge in [0, 0.05) is 37.6 Å². The van der Waals surface area contributed by atoms with Crippen LogP contribution in [0.4, 0.5) is 0 Å². The maximum absolute atomic E-state index is 8.90. The van der Waals surface area contributed by atoms with Gasteiger partial charge in [0.2, 0.25) is 0 Å². The van der Waals surface area contributed by atoms with Crippen LogP contribution in [-0.2, 0) is 20.1 Å². The summed E-state index contributed by atoms with van der Waals surface area (Å²) < 4.78 is 1.91. The van der Waals surface area contributed by atoms with Crippen molar-refractivity contribution < 1.29 is 0 Å². The van der Waals surface area contributed by atoms with Gasteiger partial charge in [0.15, 0.2) is 0 Å². The third-order valence-corrected chi connectivity index (χ3v) is 3.46. The molecule has 2 aromatic heterocycles. The highest BCUT2D eigenvalue weighted by molar-refractivity contribution is 5.29. The molecule has 0 aliphatic rings. The van der Waals surface area contributed by atoms with Gasteiger partial charge in [-0.2, -0.15) is 10.4 Å². The summed E-state index contributed by atoms with van der Waals surface area (Å²) in [6.45, 7) is 5.65. The van der Waals surface area contributed by atoms with Crippen molar-refractivity contribution in [2.75, 3.05) is 7.05 Å². The first-order valence-electron chi connectivity index (χ1n) is 6.54. The summed E-state index contributed by atoms with van der Waals surface area (Å²) in [6.07, 6.45) is 1.68. The second-order valence-electron chi connectivity index (χ2n) is 5.09. The zero-order valence-electron chi connectivity index (χ0n) is 12.4. The van der Waals surface area contributed by atoms with Crippen molar-refractivity contribution in [1.29, 1.82) is 5.26 Å². The number of aryl methyl sites for hydroxylation is 2. The van der Waals surface area contributed by atoms with Crippen molar-refractivity contribution in [1.82, 2.24) is 19.7 Å². The Balaban J connectivity index is 2.09. The summed E-state index contributed by atoms with van der Waals surface area (Å²) in [5.74, 6) is 0. The van der Waals surface area contributed by atoms with E-state index in [9.17, 15) is 0 Å². The lowest BCUT2D eigenvalue weighted by Gasteiger charge is -2.16. The second-order valence-corrected chi connectivity index (χ2v) is 5.09. The number of hydrogen-bond acceptors (Lipinski definition) is 4. The predicted molar refractivity (Wildman–Crippen MR) is 76.8 cm³/mol. The van der Waals surface area contributed by atoms with Gasteiger partial charge >= 0.3 is 0 Å². The molecule has 0 aromatic carbocycles. The topological polar surface area (TPSA) is 57.7 Å². The van der Waals surface area contributed by atoms with Crippen LogP contribution in [0.5, 0.6) is 0 Å². The van der Waals surface area contributed by atoms with E-state index in [1.54, 1.807) is 12.3 Å². The average molecular weight is 269 g/mol. The van der Waals surface area contributed by atoms with E-state index in [4.69, 9.17) is 5.26 Å². The van der Waals surface area contributed by atoms with Crippen LogP contribution in [0.3, 0.4) is 0 Å². The van der Waals surface area contributed by atoms with Crippen molar-refractivity contribution in [2.45, 2.75) is 26.9 Å². The summed E-state index contributed by atoms with van der Waals surface area (Å²) in [5, 5.41) is 13.3. The maximum atomic E-state index is 8.90. The van der Waals surface area contributed by atoms with Crippen LogP contribution in [0.25, 0.3) is 0 Å². The van der Waals surface area contributed by atoms with Crippen LogP contribution in [0.1, 0.15) is 28.2 Å². The number of aromatic nitrogens is 3. The molecule has 0 atom stereocenters. The van der Waals surface area contributed by atoms with E-state index >= 15 is 0 Å². The monoisotopic (exact) mass is 269 g/mol. The minimum absolute atomic E-state index is 0.650. The van der Waals surface area contributed by atoms with Gasteiger partial charge in [0.25, 0.3) is 0 Å². The highest BCUT2D eigenvalue weighted by Gasteiger charge is 2.12. The summed E-state index contributed by atoms with van der Waals surface area (Å²) in [7, 11) is 4.01. The lowest BCUT2D eigenvalue weighted by molar-refractivity contribution is 0.313. The quantitative estimate of drug-likeness (QED) is 0.851. The predicted octanol–water partition coefficient (Wildman–Crippen LogP) is 1.94. The Kier molecular flexibility index (Phi) is 4.16. The molecule has 5 nitrogen and oxygen atoms in total. The zero-order valence-corrected chi connectivity index (χ0v) is 12.4. The van der Waals surface area contributed by atoms with Crippen molar-refractivity contribution in [3.8, 4) is 6.07 Å². The Morgan fingerprint density at radius 3 is 2.70 bits per heavy atom. The van der Waals surface area contributed by atoms with Crippen molar-refractivity contribution in [3.05, 3.63) is 46.5 Å². The molecular formula is C15H19N5. The molecule has 5 heteroatoms. The largest absolute Gasteiger partial charge is 0.296 e. The molecule has 104 valence electrons. The SMILES string of the molecule is Cc1nn(C)c(C)c1CN(C)Cc1cc(C#N)ccn1. The summed E-state index contributed by atoms with van der Waals surface area (Å²) in [4.78, 5) is 6.49. The number of rotatable bonds is 4. The summed E-state index contributed by atoms with van der Waals surface area (Å²) >= 11 is 0. The fourth-order valence-corrected chi connectivity index (χ4v) is 2.28. The third kappa shape index (κ3) is 3.03. The first kappa shape index (κ1) is 14.2. The first-order chi connectivity index (χ1) is 9.51. The molecular weight excluding hydrogens is 250 g/mol. The van der Waals surface area contributed by atoms with Crippen molar-refractivity contribution in [3.63, 3.8) is 0 Å². The lowest BCUT2D eigenvalue weighted by atomic mass is 10.2. The van der Waals surface area contributed by atoms with Gasteiger partial charge in [-0.15, -0.1) is 0 Å². The molecule has 0 bridgehead atoms. The van der Waals surface area contributed by atoms with Gasteiger partial charge in [-0.05, 0) is 33.0 Å². The highest BCUT2D eigenvalue weighted by Crippen LogP contribution is 2.15. The van der Waals surface area contributed by atoms with Gasteiger partial charge in [0.1, 0.15) is 0 Å². The summed E-state index contributed by atoms with van der Waals surface area (Å²) in [5.41, 5.74) is 5.07. The van der Waals surface area contributed by atoms with Crippen molar-refractivity contribution in [2.24, 2.45) is 7.05 Å². The highest BCUT2D eigenvalue weighted by atomic mass is 15.3.